The maximum absolute atomic E-state index is 2.48. The van der Waals surface area contributed by atoms with Crippen LogP contribution in [0.3, 0.4) is 0 Å². The summed E-state index contributed by atoms with van der Waals surface area (Å²) in [7, 11) is 0. The second-order valence-corrected chi connectivity index (χ2v) is 8.22. The summed E-state index contributed by atoms with van der Waals surface area (Å²) >= 11 is 1.99. The van der Waals surface area contributed by atoms with Gasteiger partial charge in [0.2, 0.25) is 0 Å². The van der Waals surface area contributed by atoms with Crippen LogP contribution < -0.4 is 0 Å². The van der Waals surface area contributed by atoms with Crippen molar-refractivity contribution in [1.29, 1.82) is 0 Å². The number of thiophene rings is 1. The Hall–Kier alpha value is -1.08. The average molecular weight is 313 g/mol. The number of hydrogen-bond acceptors (Lipinski definition) is 1. The van der Waals surface area contributed by atoms with Crippen molar-refractivity contribution in [3.8, 4) is 11.1 Å². The first-order valence-electron chi connectivity index (χ1n) is 9.03. The third-order valence-corrected chi connectivity index (χ3v) is 6.81. The second kappa shape index (κ2) is 6.20. The van der Waals surface area contributed by atoms with Gasteiger partial charge in [-0.3, -0.25) is 0 Å². The Morgan fingerprint density at radius 2 is 1.82 bits per heavy atom. The normalized spacial score (nSPS) is 22.5. The van der Waals surface area contributed by atoms with Crippen LogP contribution >= 0.6 is 11.3 Å². The molecule has 0 unspecified atom stereocenters. The summed E-state index contributed by atoms with van der Waals surface area (Å²) in [5.74, 6) is 1.59. The highest BCUT2D eigenvalue weighted by Gasteiger charge is 2.19. The Morgan fingerprint density at radius 3 is 2.68 bits per heavy atom. The number of rotatable bonds is 2. The molecule has 1 atom stereocenters. The van der Waals surface area contributed by atoms with E-state index in [1.54, 1.807) is 16.0 Å². The molecule has 2 aromatic rings. The van der Waals surface area contributed by atoms with Gasteiger partial charge in [0.15, 0.2) is 0 Å². The average Bonchev–Trinajstić information content (AvgIpc) is 3.06. The fourth-order valence-electron chi connectivity index (χ4n) is 4.34. The van der Waals surface area contributed by atoms with Gasteiger partial charge in [0.25, 0.3) is 0 Å². The van der Waals surface area contributed by atoms with Crippen LogP contribution in [0.4, 0.5) is 0 Å². The van der Waals surface area contributed by atoms with E-state index in [4.69, 9.17) is 0 Å². The van der Waals surface area contributed by atoms with Crippen molar-refractivity contribution in [3.05, 3.63) is 45.6 Å². The van der Waals surface area contributed by atoms with Crippen LogP contribution in [-0.2, 0) is 6.42 Å². The first kappa shape index (κ1) is 14.5. The highest BCUT2D eigenvalue weighted by Crippen LogP contribution is 2.39. The summed E-state index contributed by atoms with van der Waals surface area (Å²) in [6, 6.07) is 9.70. The summed E-state index contributed by atoms with van der Waals surface area (Å²) in [4.78, 5) is 1.63. The highest BCUT2D eigenvalue weighted by atomic mass is 32.1. The minimum absolute atomic E-state index is 0. The van der Waals surface area contributed by atoms with Crippen molar-refractivity contribution in [3.63, 3.8) is 0 Å². The van der Waals surface area contributed by atoms with E-state index in [0.717, 1.165) is 11.8 Å². The molecule has 1 aromatic heterocycles. The molecule has 1 fully saturated rings. The van der Waals surface area contributed by atoms with Gasteiger partial charge in [-0.25, -0.2) is 0 Å². The van der Waals surface area contributed by atoms with Crippen molar-refractivity contribution in [2.45, 2.75) is 70.1 Å². The molecule has 2 aliphatic carbocycles. The van der Waals surface area contributed by atoms with Gasteiger partial charge in [-0.2, -0.15) is 0 Å². The van der Waals surface area contributed by atoms with Gasteiger partial charge >= 0.3 is 0 Å². The lowest BCUT2D eigenvalue weighted by atomic mass is 9.82. The molecule has 0 spiro atoms. The van der Waals surface area contributed by atoms with Gasteiger partial charge in [-0.15, -0.1) is 11.3 Å². The molecule has 0 aliphatic heterocycles. The molecular formula is C21H28S. The van der Waals surface area contributed by atoms with E-state index in [9.17, 15) is 0 Å². The molecule has 0 nitrogen and oxygen atoms in total. The van der Waals surface area contributed by atoms with Gasteiger partial charge in [0.05, 0.1) is 0 Å². The van der Waals surface area contributed by atoms with E-state index in [1.165, 1.54) is 62.5 Å². The SMILES string of the molecule is C[C@@H]1CCCc2cc(-c3csc(C4CCCCC4)c3)ccc21.[HH]. The number of fused-ring (bicyclic) bond motifs is 1. The third kappa shape index (κ3) is 2.76. The van der Waals surface area contributed by atoms with Crippen LogP contribution in [0, 0.1) is 0 Å². The molecule has 0 bridgehead atoms. The molecule has 0 N–H and O–H groups in total. The summed E-state index contributed by atoms with van der Waals surface area (Å²) < 4.78 is 0. The maximum Gasteiger partial charge on any atom is 0.00825 e. The quantitative estimate of drug-likeness (QED) is 0.552. The standard InChI is InChI=1S/C21H26S.H2/c1-15-6-5-9-18-12-17(10-11-20(15)18)19-13-21(22-14-19)16-7-3-2-4-8-16;/h10-16H,2-9H2,1H3;1H/t15-;/m1./s1. The van der Waals surface area contributed by atoms with Crippen molar-refractivity contribution < 1.29 is 1.43 Å². The second-order valence-electron chi connectivity index (χ2n) is 7.28. The minimum Gasteiger partial charge on any atom is -0.148 e. The lowest BCUT2D eigenvalue weighted by Gasteiger charge is -2.22. The minimum atomic E-state index is 0. The van der Waals surface area contributed by atoms with Gasteiger partial charge < -0.3 is 0 Å². The molecule has 1 heteroatoms. The Kier molecular flexibility index (Phi) is 4.09. The van der Waals surface area contributed by atoms with E-state index in [-0.39, 0.29) is 1.43 Å². The Morgan fingerprint density at radius 1 is 0.955 bits per heavy atom. The zero-order valence-electron chi connectivity index (χ0n) is 13.6. The topological polar surface area (TPSA) is 0 Å². The monoisotopic (exact) mass is 312 g/mol. The number of benzene rings is 1. The van der Waals surface area contributed by atoms with Gasteiger partial charge in [-0.05, 0) is 77.6 Å². The Bertz CT molecular complexity index is 652. The van der Waals surface area contributed by atoms with E-state index in [2.05, 4.69) is 36.6 Å². The largest absolute Gasteiger partial charge is 0.148 e. The van der Waals surface area contributed by atoms with Crippen LogP contribution in [-0.4, -0.2) is 0 Å². The van der Waals surface area contributed by atoms with E-state index >= 15 is 0 Å². The maximum atomic E-state index is 2.48. The van der Waals surface area contributed by atoms with Gasteiger partial charge in [0, 0.05) is 6.30 Å². The van der Waals surface area contributed by atoms with Crippen LogP contribution in [0.1, 0.15) is 81.1 Å². The molecule has 22 heavy (non-hydrogen) atoms. The fourth-order valence-corrected chi connectivity index (χ4v) is 5.43. The number of hydrogen-bond donors (Lipinski definition) is 0. The first-order chi connectivity index (χ1) is 10.8. The molecular weight excluding hydrogens is 284 g/mol. The molecule has 1 heterocycles. The summed E-state index contributed by atoms with van der Waals surface area (Å²) in [5.41, 5.74) is 6.08. The van der Waals surface area contributed by atoms with Gasteiger partial charge in [-0.1, -0.05) is 44.4 Å². The first-order valence-corrected chi connectivity index (χ1v) is 9.91. The lowest BCUT2D eigenvalue weighted by Crippen LogP contribution is -2.06. The van der Waals surface area contributed by atoms with E-state index < -0.39 is 0 Å². The zero-order valence-corrected chi connectivity index (χ0v) is 14.4. The molecule has 1 saturated carbocycles. The molecule has 1 aromatic carbocycles. The predicted octanol–water partition coefficient (Wildman–Crippen LogP) is 7.15. The molecule has 0 amide bonds. The van der Waals surface area contributed by atoms with Gasteiger partial charge in [0.1, 0.15) is 0 Å². The third-order valence-electron chi connectivity index (χ3n) is 5.72. The van der Waals surface area contributed by atoms with Crippen LogP contribution in [0.5, 0.6) is 0 Å². The molecule has 118 valence electrons. The fraction of sp³-hybridized carbons (Fsp3) is 0.524. The zero-order chi connectivity index (χ0) is 14.9. The molecule has 0 radical (unpaired) electrons. The summed E-state index contributed by atoms with van der Waals surface area (Å²) in [6.07, 6.45) is 11.1. The molecule has 2 aliphatic rings. The van der Waals surface area contributed by atoms with Crippen molar-refractivity contribution >= 4 is 11.3 Å². The van der Waals surface area contributed by atoms with E-state index in [1.807, 2.05) is 11.3 Å². The Labute approximate surface area is 140 Å². The van der Waals surface area contributed by atoms with Crippen molar-refractivity contribution in [2.75, 3.05) is 0 Å². The summed E-state index contributed by atoms with van der Waals surface area (Å²) in [5, 5.41) is 2.39. The van der Waals surface area contributed by atoms with Crippen LogP contribution in [0.25, 0.3) is 11.1 Å². The smallest absolute Gasteiger partial charge is 0.00825 e. The molecule has 0 saturated heterocycles. The van der Waals surface area contributed by atoms with Crippen LogP contribution in [0.2, 0.25) is 0 Å². The van der Waals surface area contributed by atoms with Crippen LogP contribution in [0.15, 0.2) is 29.6 Å². The predicted molar refractivity (Wildman–Crippen MR) is 99.0 cm³/mol. The highest BCUT2D eigenvalue weighted by molar-refractivity contribution is 7.10. The molecule has 4 rings (SSSR count). The van der Waals surface area contributed by atoms with E-state index in [0.29, 0.717) is 0 Å². The van der Waals surface area contributed by atoms with Crippen molar-refractivity contribution in [1.82, 2.24) is 0 Å². The summed E-state index contributed by atoms with van der Waals surface area (Å²) in [6.45, 7) is 2.38. The number of aryl methyl sites for hydroxylation is 1. The van der Waals surface area contributed by atoms with Crippen molar-refractivity contribution in [2.24, 2.45) is 0 Å². The lowest BCUT2D eigenvalue weighted by molar-refractivity contribution is 0.448. The Balaban J connectivity index is 0.00000156.